The summed E-state index contributed by atoms with van der Waals surface area (Å²) in [6.45, 7) is 11.6. The number of esters is 1. The van der Waals surface area contributed by atoms with Crippen LogP contribution in [0.2, 0.25) is 27.4 Å². The summed E-state index contributed by atoms with van der Waals surface area (Å²) in [5, 5.41) is 10.3. The van der Waals surface area contributed by atoms with E-state index in [9.17, 15) is 18.4 Å². The zero-order valence-corrected chi connectivity index (χ0v) is 40.5. The van der Waals surface area contributed by atoms with E-state index in [1.165, 1.54) is 68.7 Å². The lowest BCUT2D eigenvalue weighted by Gasteiger charge is -2.16. The van der Waals surface area contributed by atoms with E-state index in [0.29, 0.717) is 61.4 Å². The van der Waals surface area contributed by atoms with Crippen molar-refractivity contribution in [1.29, 1.82) is 0 Å². The molecule has 0 radical (unpaired) electrons. The average molecular weight is 950 g/mol. The second-order valence-corrected chi connectivity index (χ2v) is 20.8. The molecule has 2 saturated carbocycles. The fraction of sp³-hybridized carbons (Fsp3) is 0.240. The molecule has 66 heavy (non-hydrogen) atoms. The molecule has 0 aliphatic heterocycles. The molecule has 0 unspecified atom stereocenters. The Morgan fingerprint density at radius 3 is 1.50 bits per heavy atom. The van der Waals surface area contributed by atoms with E-state index in [0.717, 1.165) is 35.1 Å². The number of aromatic nitrogens is 4. The summed E-state index contributed by atoms with van der Waals surface area (Å²) in [7, 11) is 1.30. The van der Waals surface area contributed by atoms with Crippen LogP contribution in [-0.2, 0) is 4.74 Å². The first-order valence-electron chi connectivity index (χ1n) is 21.2. The van der Waals surface area contributed by atoms with Crippen LogP contribution in [0.5, 0.6) is 0 Å². The number of allylic oxidation sites excluding steroid dienone is 2. The fourth-order valence-electron chi connectivity index (χ4n) is 5.82. The number of carbonyl (C=O) groups is 2. The van der Waals surface area contributed by atoms with Gasteiger partial charge < -0.3 is 26.4 Å². The molecule has 2 aliphatic rings. The van der Waals surface area contributed by atoms with Gasteiger partial charge in [0.1, 0.15) is 17.2 Å². The molecule has 8 rings (SSSR count). The van der Waals surface area contributed by atoms with Crippen LogP contribution in [0.1, 0.15) is 71.4 Å². The standard InChI is InChI=1S/C23H20ClFN4O.C21H17ClFN3O2.C3H7N.3CH3.Al/c1-13(2)17-12-27-21(16-9-14(24)3-6-19(16)25)10-22(17)29-20-7-8-26-11-18(20)23(30)28-15-4-5-15;1-12(2)15-11-25-19(14-8-13(22)4-5-17(14)23)9-20(15)26-18-6-7-24-10-16(18)21(27)28-3;4-3-1-2-3;;;;/h3,6-12,15H,1,4-5H2,2H3,(H,28,30)(H,26,27,29);4-11H,1H2,2-3H3,(H,24,25,26);3H,1-2,4H2;3*1H3;. The van der Waals surface area contributed by atoms with Crippen molar-refractivity contribution in [2.45, 2.75) is 69.0 Å². The predicted octanol–water partition coefficient (Wildman–Crippen LogP) is 12.6. The normalized spacial score (nSPS) is 12.3. The summed E-state index contributed by atoms with van der Waals surface area (Å²) in [5.41, 5.74) is 12.6. The van der Waals surface area contributed by atoms with Crippen LogP contribution >= 0.6 is 23.2 Å². The molecular weight excluding hydrogens is 896 g/mol. The third kappa shape index (κ3) is 15.0. The lowest BCUT2D eigenvalue weighted by molar-refractivity contribution is 0.0601. The largest absolute Gasteiger partial charge is 0.465 e. The van der Waals surface area contributed by atoms with Crippen molar-refractivity contribution in [2.75, 3.05) is 17.7 Å². The molecule has 16 heteroatoms. The highest BCUT2D eigenvalue weighted by Gasteiger charge is 2.25. The number of hydrogen-bond donors (Lipinski definition) is 4. The second-order valence-electron chi connectivity index (χ2n) is 16.4. The highest BCUT2D eigenvalue weighted by Crippen LogP contribution is 2.35. The molecule has 4 aromatic heterocycles. The molecule has 0 saturated heterocycles. The van der Waals surface area contributed by atoms with Crippen molar-refractivity contribution in [3.63, 3.8) is 0 Å². The van der Waals surface area contributed by atoms with E-state index in [2.05, 4.69) is 66.4 Å². The van der Waals surface area contributed by atoms with E-state index in [1.807, 2.05) is 13.8 Å². The molecule has 0 spiro atoms. The lowest BCUT2D eigenvalue weighted by atomic mass is 10.0. The zero-order valence-electron chi connectivity index (χ0n) is 37.8. The van der Waals surface area contributed by atoms with Crippen molar-refractivity contribution in [1.82, 2.24) is 25.3 Å². The Bertz CT molecular complexity index is 2710. The minimum absolute atomic E-state index is 0.139. The van der Waals surface area contributed by atoms with E-state index < -0.39 is 17.6 Å². The Labute approximate surface area is 399 Å². The molecule has 6 aromatic rings. The molecule has 4 heterocycles. The summed E-state index contributed by atoms with van der Waals surface area (Å²) in [6, 6.07) is 16.2. The third-order valence-electron chi connectivity index (χ3n) is 9.50. The Morgan fingerprint density at radius 1 is 0.682 bits per heavy atom. The first-order valence-corrected chi connectivity index (χ1v) is 25.5. The molecule has 1 amide bonds. The number of anilines is 4. The van der Waals surface area contributed by atoms with E-state index in [-0.39, 0.29) is 37.2 Å². The van der Waals surface area contributed by atoms with Crippen LogP contribution in [0.4, 0.5) is 31.5 Å². The van der Waals surface area contributed by atoms with Gasteiger partial charge in [0.05, 0.1) is 35.4 Å². The van der Waals surface area contributed by atoms with Gasteiger partial charge in [-0.3, -0.25) is 24.7 Å². The molecule has 2 aromatic carbocycles. The van der Waals surface area contributed by atoms with E-state index in [1.54, 1.807) is 49.1 Å². The molecule has 2 fully saturated rings. The van der Waals surface area contributed by atoms with Gasteiger partial charge in [-0.2, -0.15) is 0 Å². The van der Waals surface area contributed by atoms with Crippen LogP contribution in [0.25, 0.3) is 33.7 Å². The number of nitrogens with one attached hydrogen (secondary N) is 3. The van der Waals surface area contributed by atoms with Crippen LogP contribution in [0, 0.1) is 11.6 Å². The maximum Gasteiger partial charge on any atom is 0.341 e. The van der Waals surface area contributed by atoms with Crippen LogP contribution in [0.15, 0.2) is 111 Å². The topological polar surface area (TPSA) is 157 Å². The number of nitrogens with zero attached hydrogens (tertiary/aromatic N) is 4. The Hall–Kier alpha value is -6.01. The second kappa shape index (κ2) is 24.0. The lowest BCUT2D eigenvalue weighted by Crippen LogP contribution is -2.26. The van der Waals surface area contributed by atoms with Crippen LogP contribution < -0.4 is 21.7 Å². The Morgan fingerprint density at radius 2 is 1.11 bits per heavy atom. The summed E-state index contributed by atoms with van der Waals surface area (Å²) < 4.78 is 33.5. The predicted molar refractivity (Wildman–Crippen MR) is 266 cm³/mol. The maximum absolute atomic E-state index is 14.4. The van der Waals surface area contributed by atoms with Gasteiger partial charge in [0.15, 0.2) is 0 Å². The maximum atomic E-state index is 14.4. The number of pyridine rings is 4. The summed E-state index contributed by atoms with van der Waals surface area (Å²) >= 11 is 11.9. The van der Waals surface area contributed by atoms with Crippen LogP contribution in [0.3, 0.4) is 0 Å². The van der Waals surface area contributed by atoms with E-state index >= 15 is 0 Å². The Kier molecular flexibility index (Phi) is 18.5. The zero-order chi connectivity index (χ0) is 48.1. The molecule has 5 N–H and O–H groups in total. The van der Waals surface area contributed by atoms with Gasteiger partial charge in [0.25, 0.3) is 20.1 Å². The number of amides is 1. The highest BCUT2D eigenvalue weighted by atomic mass is 35.5. The van der Waals surface area contributed by atoms with Gasteiger partial charge in [-0.15, -0.1) is 17.4 Å². The first-order chi connectivity index (χ1) is 31.4. The van der Waals surface area contributed by atoms with Crippen molar-refractivity contribution in [3.8, 4) is 22.5 Å². The minimum atomic E-state index is -0.525. The summed E-state index contributed by atoms with van der Waals surface area (Å²) in [5.74, 6) is 5.35. The smallest absolute Gasteiger partial charge is 0.341 e. The van der Waals surface area contributed by atoms with Gasteiger partial charge in [-0.05, 0) is 111 Å². The molecule has 11 nitrogen and oxygen atoms in total. The average Bonchev–Trinajstić information content (AvgIpc) is 4.24. The van der Waals surface area contributed by atoms with Crippen molar-refractivity contribution in [2.24, 2.45) is 5.73 Å². The molecule has 342 valence electrons. The quantitative estimate of drug-likeness (QED) is 0.0728. The number of nitrogens with two attached hydrogens (primary N) is 1. The fourth-order valence-corrected chi connectivity index (χ4v) is 6.16. The third-order valence-corrected chi connectivity index (χ3v) is 9.97. The van der Waals surface area contributed by atoms with Gasteiger partial charge in [-0.1, -0.05) is 36.4 Å². The van der Waals surface area contributed by atoms with Crippen molar-refractivity contribution < 1.29 is 23.1 Å². The van der Waals surface area contributed by atoms with E-state index in [4.69, 9.17) is 33.7 Å². The number of carbonyl (C=O) groups excluding carboxylic acids is 2. The highest BCUT2D eigenvalue weighted by molar-refractivity contribution is 6.54. The summed E-state index contributed by atoms with van der Waals surface area (Å²) in [4.78, 5) is 41.4. The minimum Gasteiger partial charge on any atom is -0.465 e. The van der Waals surface area contributed by atoms with Gasteiger partial charge in [0, 0.05) is 92.9 Å². The first kappa shape index (κ1) is 51.0. The van der Waals surface area contributed by atoms with Crippen molar-refractivity contribution >= 4 is 83.1 Å². The number of rotatable bonds is 11. The number of hydrogen-bond acceptors (Lipinski definition) is 10. The van der Waals surface area contributed by atoms with Gasteiger partial charge in [0.2, 0.25) is 0 Å². The van der Waals surface area contributed by atoms with Gasteiger partial charge in [-0.25, -0.2) is 13.6 Å². The molecule has 2 aliphatic carbocycles. The number of methoxy groups -OCH3 is 1. The molecule has 0 atom stereocenters. The molecular formula is C50H53AlCl2F2N8O3. The van der Waals surface area contributed by atoms with Crippen molar-refractivity contribution in [3.05, 3.63) is 155 Å². The van der Waals surface area contributed by atoms with Crippen LogP contribution in [-0.4, -0.2) is 65.2 Å². The van der Waals surface area contributed by atoms with Gasteiger partial charge >= 0.3 is 5.97 Å². The SMILES string of the molecule is C=C(C)c1cnc(-c2cc(Cl)ccc2F)cc1Nc1ccncc1C(=O)NC1CC1.C=C(C)c1cnc(-c2cc(Cl)ccc2F)cc1Nc1ccncc1C(=O)OC.NC1CC1.[CH3][Al]([CH3])[CH3]. The number of halogens is 4. The molecule has 0 bridgehead atoms. The Balaban J connectivity index is 0.000000212. The monoisotopic (exact) mass is 948 g/mol. The number of benzene rings is 2. The number of ether oxygens (including phenoxy) is 1. The summed E-state index contributed by atoms with van der Waals surface area (Å²) in [6.07, 6.45) is 13.8.